The molecule has 1 aliphatic rings. The summed E-state index contributed by atoms with van der Waals surface area (Å²) < 4.78 is 1.54. The number of hydrogen-bond acceptors (Lipinski definition) is 6. The van der Waals surface area contributed by atoms with Crippen LogP contribution in [0, 0.1) is 6.92 Å². The number of hydrogen-bond donors (Lipinski definition) is 0. The number of aryl methyl sites for hydroxylation is 3. The number of carbonyl (C=O) groups excluding carboxylic acids is 1. The summed E-state index contributed by atoms with van der Waals surface area (Å²) in [5, 5.41) is 12.0. The molecule has 0 fully saturated rings. The minimum atomic E-state index is -1.18. The van der Waals surface area contributed by atoms with Crippen LogP contribution in [0.5, 0.6) is 0 Å². The molecule has 0 unspecified atom stereocenters. The lowest BCUT2D eigenvalue weighted by atomic mass is 10.2. The fourth-order valence-corrected chi connectivity index (χ4v) is 5.27. The maximum atomic E-state index is 13.3. The van der Waals surface area contributed by atoms with Gasteiger partial charge in [0.15, 0.2) is 5.16 Å². The first-order valence-electron chi connectivity index (χ1n) is 8.01. The quantitative estimate of drug-likeness (QED) is 0.518. The van der Waals surface area contributed by atoms with Gasteiger partial charge in [-0.1, -0.05) is 23.9 Å². The Labute approximate surface area is 152 Å². The summed E-state index contributed by atoms with van der Waals surface area (Å²) in [6, 6.07) is 7.59. The lowest BCUT2D eigenvalue weighted by Crippen LogP contribution is -2.26. The number of rotatable bonds is 4. The predicted molar refractivity (Wildman–Crippen MR) is 97.7 cm³/mol. The Hall–Kier alpha value is -2.12. The molecule has 7 heteroatoms. The smallest absolute Gasteiger partial charge is 0.267 e. The molecular weight excluding hydrogens is 356 g/mol. The summed E-state index contributed by atoms with van der Waals surface area (Å²) in [7, 11) is 0. The molecular formula is C18H15N2O3S2-. The third-order valence-corrected chi connectivity index (χ3v) is 6.38. The molecule has 2 aromatic heterocycles. The Morgan fingerprint density at radius 3 is 3.00 bits per heavy atom. The van der Waals surface area contributed by atoms with Gasteiger partial charge >= 0.3 is 0 Å². The summed E-state index contributed by atoms with van der Waals surface area (Å²) in [6.45, 7) is 1.96. The molecule has 128 valence electrons. The Bertz CT molecular complexity index is 1050. The van der Waals surface area contributed by atoms with E-state index < -0.39 is 5.97 Å². The molecule has 1 aliphatic carbocycles. The van der Waals surface area contributed by atoms with E-state index in [2.05, 4.69) is 4.98 Å². The number of nitrogens with zero attached hydrogens (tertiary/aromatic N) is 2. The molecule has 0 radical (unpaired) electrons. The molecule has 2 heterocycles. The molecule has 3 aromatic rings. The lowest BCUT2D eigenvalue weighted by Gasteiger charge is -2.13. The van der Waals surface area contributed by atoms with Crippen molar-refractivity contribution in [3.63, 3.8) is 0 Å². The van der Waals surface area contributed by atoms with Crippen molar-refractivity contribution in [1.29, 1.82) is 0 Å². The third-order valence-electron chi connectivity index (χ3n) is 4.29. The molecule has 0 bridgehead atoms. The van der Waals surface area contributed by atoms with E-state index >= 15 is 0 Å². The highest BCUT2D eigenvalue weighted by Crippen LogP contribution is 2.36. The van der Waals surface area contributed by atoms with E-state index in [1.807, 2.05) is 31.2 Å². The number of carboxylic acid groups (broad SMARTS) is 1. The molecule has 0 aliphatic heterocycles. The van der Waals surface area contributed by atoms with Crippen molar-refractivity contribution in [2.45, 2.75) is 31.3 Å². The van der Waals surface area contributed by atoms with Gasteiger partial charge in [0.1, 0.15) is 4.83 Å². The van der Waals surface area contributed by atoms with Crippen LogP contribution in [0.4, 0.5) is 0 Å². The number of benzene rings is 1. The van der Waals surface area contributed by atoms with Crippen LogP contribution in [0.15, 0.2) is 34.2 Å². The zero-order valence-electron chi connectivity index (χ0n) is 13.6. The average Bonchev–Trinajstić information content (AvgIpc) is 3.13. The van der Waals surface area contributed by atoms with Crippen LogP contribution in [0.25, 0.3) is 15.9 Å². The van der Waals surface area contributed by atoms with Gasteiger partial charge < -0.3 is 9.90 Å². The summed E-state index contributed by atoms with van der Waals surface area (Å²) in [6.07, 6.45) is 2.97. The second kappa shape index (κ2) is 6.31. The van der Waals surface area contributed by atoms with E-state index in [1.54, 1.807) is 11.3 Å². The van der Waals surface area contributed by atoms with Crippen molar-refractivity contribution in [3.8, 4) is 5.69 Å². The number of fused-ring (bicyclic) bond motifs is 3. The number of aliphatic carboxylic acids is 1. The van der Waals surface area contributed by atoms with E-state index in [9.17, 15) is 14.7 Å². The van der Waals surface area contributed by atoms with Crippen molar-refractivity contribution >= 4 is 39.3 Å². The first-order chi connectivity index (χ1) is 12.0. The zero-order valence-corrected chi connectivity index (χ0v) is 15.2. The second-order valence-corrected chi connectivity index (χ2v) is 8.10. The molecule has 25 heavy (non-hydrogen) atoms. The van der Waals surface area contributed by atoms with Crippen LogP contribution in [-0.4, -0.2) is 21.3 Å². The van der Waals surface area contributed by atoms with Crippen LogP contribution in [0.2, 0.25) is 0 Å². The van der Waals surface area contributed by atoms with Crippen molar-refractivity contribution in [1.82, 2.24) is 9.55 Å². The number of carboxylic acids is 1. The Kier molecular flexibility index (Phi) is 4.13. The highest BCUT2D eigenvalue weighted by Gasteiger charge is 2.23. The van der Waals surface area contributed by atoms with Crippen LogP contribution in [-0.2, 0) is 17.6 Å². The van der Waals surface area contributed by atoms with Crippen LogP contribution < -0.4 is 10.7 Å². The largest absolute Gasteiger partial charge is 0.549 e. The van der Waals surface area contributed by atoms with Gasteiger partial charge in [0.2, 0.25) is 0 Å². The van der Waals surface area contributed by atoms with Crippen molar-refractivity contribution < 1.29 is 9.90 Å². The Morgan fingerprint density at radius 1 is 1.40 bits per heavy atom. The van der Waals surface area contributed by atoms with Gasteiger partial charge in [-0.2, -0.15) is 0 Å². The van der Waals surface area contributed by atoms with E-state index in [4.69, 9.17) is 0 Å². The summed E-state index contributed by atoms with van der Waals surface area (Å²) in [5.41, 5.74) is 2.74. The van der Waals surface area contributed by atoms with Gasteiger partial charge in [0.05, 0.1) is 17.0 Å². The molecule has 0 amide bonds. The monoisotopic (exact) mass is 371 g/mol. The van der Waals surface area contributed by atoms with Gasteiger partial charge in [0, 0.05) is 10.6 Å². The maximum Gasteiger partial charge on any atom is 0.267 e. The van der Waals surface area contributed by atoms with Crippen molar-refractivity contribution in [2.24, 2.45) is 0 Å². The highest BCUT2D eigenvalue weighted by atomic mass is 32.2. The van der Waals surface area contributed by atoms with Crippen LogP contribution >= 0.6 is 23.1 Å². The Morgan fingerprint density at radius 2 is 2.24 bits per heavy atom. The number of carbonyl (C=O) groups is 1. The molecule has 5 nitrogen and oxygen atoms in total. The van der Waals surface area contributed by atoms with Gasteiger partial charge in [0.25, 0.3) is 5.56 Å². The molecule has 0 atom stereocenters. The minimum absolute atomic E-state index is 0.115. The average molecular weight is 371 g/mol. The van der Waals surface area contributed by atoms with Gasteiger partial charge in [-0.25, -0.2) is 4.98 Å². The zero-order chi connectivity index (χ0) is 17.6. The number of thioether (sulfide) groups is 1. The highest BCUT2D eigenvalue weighted by molar-refractivity contribution is 7.99. The van der Waals surface area contributed by atoms with E-state index in [-0.39, 0.29) is 11.3 Å². The predicted octanol–water partition coefficient (Wildman–Crippen LogP) is 2.09. The standard InChI is InChI=1S/C18H16N2O3S2/c1-10-4-2-5-11(8-10)20-17(23)15-12-6-3-7-13(12)25-16(15)19-18(20)24-9-14(21)22/h2,4-5,8H,3,6-7,9H2,1H3,(H,21,22)/p-1. The first kappa shape index (κ1) is 16.4. The van der Waals surface area contributed by atoms with Crippen molar-refractivity contribution in [2.75, 3.05) is 5.75 Å². The summed E-state index contributed by atoms with van der Waals surface area (Å²) in [4.78, 5) is 30.7. The molecule has 0 spiro atoms. The SMILES string of the molecule is Cc1cccc(-n2c(SCC(=O)[O-])nc3sc4c(c3c2=O)CCC4)c1. The van der Waals surface area contributed by atoms with Gasteiger partial charge in [-0.05, 0) is 49.4 Å². The molecule has 4 rings (SSSR count). The van der Waals surface area contributed by atoms with E-state index in [1.165, 1.54) is 9.44 Å². The minimum Gasteiger partial charge on any atom is -0.549 e. The maximum absolute atomic E-state index is 13.3. The van der Waals surface area contributed by atoms with Gasteiger partial charge in [-0.15, -0.1) is 11.3 Å². The normalized spacial score (nSPS) is 13.3. The first-order valence-corrected chi connectivity index (χ1v) is 9.82. The van der Waals surface area contributed by atoms with Gasteiger partial charge in [-0.3, -0.25) is 9.36 Å². The van der Waals surface area contributed by atoms with Crippen LogP contribution in [0.3, 0.4) is 0 Å². The summed E-state index contributed by atoms with van der Waals surface area (Å²) >= 11 is 2.58. The van der Waals surface area contributed by atoms with Crippen LogP contribution in [0.1, 0.15) is 22.4 Å². The molecule has 0 saturated carbocycles. The molecule has 0 N–H and O–H groups in total. The Balaban J connectivity index is 1.99. The number of thiophene rings is 1. The number of aromatic nitrogens is 2. The molecule has 0 saturated heterocycles. The van der Waals surface area contributed by atoms with E-state index in [0.717, 1.165) is 42.2 Å². The second-order valence-electron chi connectivity index (χ2n) is 6.07. The lowest BCUT2D eigenvalue weighted by molar-refractivity contribution is -0.301. The topological polar surface area (TPSA) is 75.0 Å². The summed E-state index contributed by atoms with van der Waals surface area (Å²) in [5.74, 6) is -1.42. The fourth-order valence-electron chi connectivity index (χ4n) is 3.24. The van der Waals surface area contributed by atoms with Crippen molar-refractivity contribution in [3.05, 3.63) is 50.6 Å². The van der Waals surface area contributed by atoms with E-state index in [0.29, 0.717) is 21.1 Å². The molecule has 1 aromatic carbocycles. The fraction of sp³-hybridized carbons (Fsp3) is 0.278. The third kappa shape index (κ3) is 2.87.